The monoisotopic (exact) mass is 254 g/mol. The van der Waals surface area contributed by atoms with Crippen LogP contribution in [0.4, 0.5) is 5.13 Å². The maximum atomic E-state index is 5.03. The molecule has 0 saturated heterocycles. The molecular formula is C13H22N2OS. The second kappa shape index (κ2) is 6.36. The molecule has 2 rings (SSSR count). The molecule has 1 aromatic rings. The lowest BCUT2D eigenvalue weighted by molar-refractivity contribution is 0.211. The van der Waals surface area contributed by atoms with Crippen LogP contribution in [0.1, 0.15) is 36.8 Å². The van der Waals surface area contributed by atoms with Gasteiger partial charge in [-0.25, -0.2) is 4.98 Å². The zero-order valence-corrected chi connectivity index (χ0v) is 11.6. The number of hydrogen-bond acceptors (Lipinski definition) is 4. The molecule has 1 atom stereocenters. The molecule has 96 valence electrons. The van der Waals surface area contributed by atoms with Gasteiger partial charge in [-0.15, -0.1) is 11.3 Å². The molecular weight excluding hydrogens is 232 g/mol. The summed E-state index contributed by atoms with van der Waals surface area (Å²) < 4.78 is 5.03. The van der Waals surface area contributed by atoms with Crippen molar-refractivity contribution in [3.05, 3.63) is 10.6 Å². The summed E-state index contributed by atoms with van der Waals surface area (Å²) >= 11 is 1.84. The Kier molecular flexibility index (Phi) is 4.80. The van der Waals surface area contributed by atoms with Crippen LogP contribution in [0.2, 0.25) is 0 Å². The Hall–Kier alpha value is -0.610. The zero-order valence-electron chi connectivity index (χ0n) is 10.8. The number of anilines is 1. The Balaban J connectivity index is 1.92. The Bertz CT molecular complexity index is 351. The number of aromatic nitrogens is 1. The van der Waals surface area contributed by atoms with Gasteiger partial charge in [-0.3, -0.25) is 0 Å². The van der Waals surface area contributed by atoms with E-state index in [1.807, 2.05) is 11.3 Å². The molecule has 0 radical (unpaired) electrons. The summed E-state index contributed by atoms with van der Waals surface area (Å²) in [6.45, 7) is 3.86. The number of thiazole rings is 1. The van der Waals surface area contributed by atoms with Gasteiger partial charge in [0.1, 0.15) is 0 Å². The van der Waals surface area contributed by atoms with Crippen LogP contribution in [0.3, 0.4) is 0 Å². The summed E-state index contributed by atoms with van der Waals surface area (Å²) in [7, 11) is 1.73. The van der Waals surface area contributed by atoms with Crippen molar-refractivity contribution in [1.82, 2.24) is 4.98 Å². The van der Waals surface area contributed by atoms with E-state index in [-0.39, 0.29) is 0 Å². The lowest BCUT2D eigenvalue weighted by Crippen LogP contribution is -2.12. The lowest BCUT2D eigenvalue weighted by Gasteiger charge is -2.19. The van der Waals surface area contributed by atoms with E-state index < -0.39 is 0 Å². The third-order valence-electron chi connectivity index (χ3n) is 3.32. The quantitative estimate of drug-likeness (QED) is 0.792. The highest BCUT2D eigenvalue weighted by molar-refractivity contribution is 7.15. The highest BCUT2D eigenvalue weighted by Crippen LogP contribution is 2.33. The van der Waals surface area contributed by atoms with Crippen LogP contribution in [0, 0.1) is 5.92 Å². The highest BCUT2D eigenvalue weighted by atomic mass is 32.1. The standard InChI is InChI=1S/C13H22N2OS/c1-3-4-10-5-6-11-12(9-10)17-13(15-11)14-7-8-16-2/h10H,3-9H2,1-2H3,(H,14,15). The third-order valence-corrected chi connectivity index (χ3v) is 4.40. The molecule has 0 aromatic carbocycles. The van der Waals surface area contributed by atoms with Crippen LogP contribution < -0.4 is 5.32 Å². The molecule has 0 amide bonds. The van der Waals surface area contributed by atoms with E-state index >= 15 is 0 Å². The fourth-order valence-corrected chi connectivity index (χ4v) is 3.58. The lowest BCUT2D eigenvalue weighted by atomic mass is 9.88. The minimum absolute atomic E-state index is 0.739. The van der Waals surface area contributed by atoms with Crippen molar-refractivity contribution in [2.75, 3.05) is 25.6 Å². The van der Waals surface area contributed by atoms with Crippen molar-refractivity contribution in [2.45, 2.75) is 39.0 Å². The summed E-state index contributed by atoms with van der Waals surface area (Å²) in [6.07, 6.45) is 6.40. The van der Waals surface area contributed by atoms with Crippen LogP contribution >= 0.6 is 11.3 Å². The predicted octanol–water partition coefficient (Wildman–Crippen LogP) is 3.11. The second-order valence-corrected chi connectivity index (χ2v) is 5.79. The number of nitrogens with zero attached hydrogens (tertiary/aromatic N) is 1. The minimum atomic E-state index is 0.739. The number of aryl methyl sites for hydroxylation is 1. The van der Waals surface area contributed by atoms with Gasteiger partial charge in [0.05, 0.1) is 12.3 Å². The normalized spacial score (nSPS) is 19.1. The van der Waals surface area contributed by atoms with Gasteiger partial charge >= 0.3 is 0 Å². The van der Waals surface area contributed by atoms with Crippen LogP contribution in [-0.4, -0.2) is 25.2 Å². The summed E-state index contributed by atoms with van der Waals surface area (Å²) in [5.41, 5.74) is 1.34. The average Bonchev–Trinajstić information content (AvgIpc) is 2.72. The molecule has 0 fully saturated rings. The summed E-state index contributed by atoms with van der Waals surface area (Å²) in [4.78, 5) is 6.18. The Morgan fingerprint density at radius 3 is 3.18 bits per heavy atom. The SMILES string of the molecule is CCCC1CCc2nc(NCCOC)sc2C1. The van der Waals surface area contributed by atoms with Gasteiger partial charge in [0, 0.05) is 18.5 Å². The Morgan fingerprint density at radius 1 is 1.53 bits per heavy atom. The molecule has 0 aliphatic heterocycles. The molecule has 0 bridgehead atoms. The smallest absolute Gasteiger partial charge is 0.183 e. The molecule has 17 heavy (non-hydrogen) atoms. The molecule has 1 aromatic heterocycles. The van der Waals surface area contributed by atoms with Crippen LogP contribution in [0.25, 0.3) is 0 Å². The van der Waals surface area contributed by atoms with Crippen molar-refractivity contribution in [3.63, 3.8) is 0 Å². The van der Waals surface area contributed by atoms with Gasteiger partial charge in [0.25, 0.3) is 0 Å². The first-order valence-corrected chi connectivity index (χ1v) is 7.36. The van der Waals surface area contributed by atoms with Gasteiger partial charge in [-0.2, -0.15) is 0 Å². The van der Waals surface area contributed by atoms with Crippen LogP contribution in [-0.2, 0) is 17.6 Å². The molecule has 3 nitrogen and oxygen atoms in total. The number of hydrogen-bond donors (Lipinski definition) is 1. The third kappa shape index (κ3) is 3.42. The van der Waals surface area contributed by atoms with Crippen molar-refractivity contribution in [3.8, 4) is 0 Å². The Morgan fingerprint density at radius 2 is 2.41 bits per heavy atom. The number of nitrogens with one attached hydrogen (secondary N) is 1. The number of fused-ring (bicyclic) bond motifs is 1. The fraction of sp³-hybridized carbons (Fsp3) is 0.769. The maximum absolute atomic E-state index is 5.03. The minimum Gasteiger partial charge on any atom is -0.383 e. The van der Waals surface area contributed by atoms with Gasteiger partial charge in [0.15, 0.2) is 5.13 Å². The molecule has 0 saturated carbocycles. The predicted molar refractivity (Wildman–Crippen MR) is 72.9 cm³/mol. The summed E-state index contributed by atoms with van der Waals surface area (Å²) in [6, 6.07) is 0. The molecule has 4 heteroatoms. The van der Waals surface area contributed by atoms with E-state index in [0.717, 1.165) is 24.2 Å². The number of methoxy groups -OCH3 is 1. The van der Waals surface area contributed by atoms with Crippen molar-refractivity contribution < 1.29 is 4.74 Å². The first-order valence-electron chi connectivity index (χ1n) is 6.54. The maximum Gasteiger partial charge on any atom is 0.183 e. The van der Waals surface area contributed by atoms with Gasteiger partial charge in [-0.1, -0.05) is 19.8 Å². The van der Waals surface area contributed by atoms with E-state index in [2.05, 4.69) is 17.2 Å². The first-order chi connectivity index (χ1) is 8.33. The molecule has 1 unspecified atom stereocenters. The topological polar surface area (TPSA) is 34.2 Å². The van der Waals surface area contributed by atoms with Crippen molar-refractivity contribution >= 4 is 16.5 Å². The van der Waals surface area contributed by atoms with E-state index in [1.54, 1.807) is 7.11 Å². The van der Waals surface area contributed by atoms with Crippen LogP contribution in [0.15, 0.2) is 0 Å². The zero-order chi connectivity index (χ0) is 12.1. The number of ether oxygens (including phenoxy) is 1. The average molecular weight is 254 g/mol. The second-order valence-electron chi connectivity index (χ2n) is 4.71. The van der Waals surface area contributed by atoms with Crippen molar-refractivity contribution in [1.29, 1.82) is 0 Å². The van der Waals surface area contributed by atoms with E-state index in [4.69, 9.17) is 4.74 Å². The van der Waals surface area contributed by atoms with E-state index in [9.17, 15) is 0 Å². The molecule has 1 heterocycles. The first kappa shape index (κ1) is 12.8. The molecule has 0 spiro atoms. The van der Waals surface area contributed by atoms with Gasteiger partial charge in [-0.05, 0) is 25.2 Å². The molecule has 1 aliphatic rings. The van der Waals surface area contributed by atoms with Crippen molar-refractivity contribution in [2.24, 2.45) is 5.92 Å². The van der Waals surface area contributed by atoms with E-state index in [0.29, 0.717) is 0 Å². The highest BCUT2D eigenvalue weighted by Gasteiger charge is 2.21. The molecule has 1 N–H and O–H groups in total. The largest absolute Gasteiger partial charge is 0.383 e. The number of rotatable bonds is 6. The van der Waals surface area contributed by atoms with E-state index in [1.165, 1.54) is 42.7 Å². The fourth-order valence-electron chi connectivity index (χ4n) is 2.43. The van der Waals surface area contributed by atoms with Gasteiger partial charge in [0.2, 0.25) is 0 Å². The Labute approximate surface area is 108 Å². The summed E-state index contributed by atoms with van der Waals surface area (Å²) in [5, 5.41) is 4.41. The summed E-state index contributed by atoms with van der Waals surface area (Å²) in [5.74, 6) is 0.889. The van der Waals surface area contributed by atoms with Gasteiger partial charge < -0.3 is 10.1 Å². The van der Waals surface area contributed by atoms with Crippen LogP contribution in [0.5, 0.6) is 0 Å². The molecule has 1 aliphatic carbocycles.